The summed E-state index contributed by atoms with van der Waals surface area (Å²) in [5.41, 5.74) is 4.91. The summed E-state index contributed by atoms with van der Waals surface area (Å²) in [6.07, 6.45) is 1.52. The molecule has 3 rings (SSSR count). The molecule has 158 valence electrons. The molecule has 0 aliphatic heterocycles. The first-order chi connectivity index (χ1) is 14.9. The van der Waals surface area contributed by atoms with Gasteiger partial charge >= 0.3 is 0 Å². The van der Waals surface area contributed by atoms with Crippen molar-refractivity contribution in [3.05, 3.63) is 109 Å². The number of hydrazone groups is 1. The largest absolute Gasteiger partial charge is 0.271 e. The smallest absolute Gasteiger partial charge is 0.267 e. The van der Waals surface area contributed by atoms with E-state index in [-0.39, 0.29) is 17.3 Å². The SMILES string of the molecule is C=CCN(c1ccc(C(=O)N/N=C(/C)c2ccccc2)cc1)S(=O)(=O)c1ccccc1. The van der Waals surface area contributed by atoms with Gasteiger partial charge in [0.1, 0.15) is 0 Å². The number of nitrogens with zero attached hydrogens (tertiary/aromatic N) is 2. The number of amides is 1. The van der Waals surface area contributed by atoms with Gasteiger partial charge in [-0.05, 0) is 48.9 Å². The fraction of sp³-hybridized carbons (Fsp3) is 0.0833. The van der Waals surface area contributed by atoms with Crippen LogP contribution in [-0.2, 0) is 10.0 Å². The van der Waals surface area contributed by atoms with Crippen molar-refractivity contribution in [2.75, 3.05) is 10.8 Å². The van der Waals surface area contributed by atoms with Crippen LogP contribution in [0.1, 0.15) is 22.8 Å². The van der Waals surface area contributed by atoms with Gasteiger partial charge in [0.2, 0.25) is 0 Å². The second kappa shape index (κ2) is 9.86. The summed E-state index contributed by atoms with van der Waals surface area (Å²) in [7, 11) is -3.76. The van der Waals surface area contributed by atoms with E-state index in [4.69, 9.17) is 0 Å². The van der Waals surface area contributed by atoms with Crippen molar-refractivity contribution in [3.63, 3.8) is 0 Å². The Morgan fingerprint density at radius 1 is 0.935 bits per heavy atom. The van der Waals surface area contributed by atoms with Crippen LogP contribution < -0.4 is 9.73 Å². The van der Waals surface area contributed by atoms with Crippen molar-refractivity contribution < 1.29 is 13.2 Å². The van der Waals surface area contributed by atoms with Gasteiger partial charge in [0.05, 0.1) is 22.8 Å². The Labute approximate surface area is 182 Å². The topological polar surface area (TPSA) is 78.8 Å². The Balaban J connectivity index is 1.79. The number of nitrogens with one attached hydrogen (secondary N) is 1. The van der Waals surface area contributed by atoms with Crippen molar-refractivity contribution in [3.8, 4) is 0 Å². The van der Waals surface area contributed by atoms with Crippen molar-refractivity contribution >= 4 is 27.3 Å². The number of rotatable bonds is 8. The van der Waals surface area contributed by atoms with Crippen molar-refractivity contribution in [2.45, 2.75) is 11.8 Å². The molecule has 1 amide bonds. The van der Waals surface area contributed by atoms with Gasteiger partial charge in [0.25, 0.3) is 15.9 Å². The van der Waals surface area contributed by atoms with Gasteiger partial charge in [-0.15, -0.1) is 6.58 Å². The third-order valence-corrected chi connectivity index (χ3v) is 6.37. The second-order valence-corrected chi connectivity index (χ2v) is 8.55. The van der Waals surface area contributed by atoms with Crippen molar-refractivity contribution in [2.24, 2.45) is 5.10 Å². The van der Waals surface area contributed by atoms with E-state index >= 15 is 0 Å². The molecule has 7 heteroatoms. The van der Waals surface area contributed by atoms with E-state index in [1.807, 2.05) is 30.3 Å². The third kappa shape index (κ3) is 5.26. The van der Waals surface area contributed by atoms with Gasteiger partial charge < -0.3 is 0 Å². The molecule has 0 aliphatic carbocycles. The van der Waals surface area contributed by atoms with E-state index < -0.39 is 10.0 Å². The lowest BCUT2D eigenvalue weighted by Gasteiger charge is -2.23. The summed E-state index contributed by atoms with van der Waals surface area (Å²) in [5, 5.41) is 4.13. The Kier molecular flexibility index (Phi) is 6.99. The Hall–Kier alpha value is -3.71. The predicted octanol–water partition coefficient (Wildman–Crippen LogP) is 4.22. The van der Waals surface area contributed by atoms with Crippen LogP contribution in [0.4, 0.5) is 5.69 Å². The van der Waals surface area contributed by atoms with Gasteiger partial charge in [0.15, 0.2) is 0 Å². The highest BCUT2D eigenvalue weighted by atomic mass is 32.2. The quantitative estimate of drug-likeness (QED) is 0.328. The first-order valence-electron chi connectivity index (χ1n) is 9.62. The van der Waals surface area contributed by atoms with Gasteiger partial charge in [-0.2, -0.15) is 5.10 Å². The molecule has 0 radical (unpaired) electrons. The minimum Gasteiger partial charge on any atom is -0.267 e. The highest BCUT2D eigenvalue weighted by molar-refractivity contribution is 7.92. The molecule has 0 fully saturated rings. The van der Waals surface area contributed by atoms with Gasteiger partial charge in [-0.3, -0.25) is 9.10 Å². The molecule has 0 atom stereocenters. The normalized spacial score (nSPS) is 11.6. The van der Waals surface area contributed by atoms with E-state index in [0.717, 1.165) is 5.56 Å². The molecule has 1 N–H and O–H groups in total. The van der Waals surface area contributed by atoms with Crippen LogP contribution in [0.3, 0.4) is 0 Å². The summed E-state index contributed by atoms with van der Waals surface area (Å²) < 4.78 is 27.3. The lowest BCUT2D eigenvalue weighted by Crippen LogP contribution is -2.31. The summed E-state index contributed by atoms with van der Waals surface area (Å²) >= 11 is 0. The first-order valence-corrected chi connectivity index (χ1v) is 11.1. The Morgan fingerprint density at radius 2 is 1.52 bits per heavy atom. The van der Waals surface area contributed by atoms with Gasteiger partial charge in [-0.25, -0.2) is 13.8 Å². The molecule has 3 aromatic rings. The molecular weight excluding hydrogens is 410 g/mol. The number of anilines is 1. The third-order valence-electron chi connectivity index (χ3n) is 4.56. The highest BCUT2D eigenvalue weighted by Crippen LogP contribution is 2.24. The van der Waals surface area contributed by atoms with E-state index in [9.17, 15) is 13.2 Å². The van der Waals surface area contributed by atoms with Crippen LogP contribution in [0.2, 0.25) is 0 Å². The number of benzene rings is 3. The van der Waals surface area contributed by atoms with E-state index in [1.54, 1.807) is 61.5 Å². The number of carbonyl (C=O) groups excluding carboxylic acids is 1. The molecule has 3 aromatic carbocycles. The first kappa shape index (κ1) is 22.0. The molecule has 0 heterocycles. The summed E-state index contributed by atoms with van der Waals surface area (Å²) in [6.45, 7) is 5.57. The standard InChI is InChI=1S/C24H23N3O3S/c1-3-18-27(31(29,30)23-12-8-5-9-13-23)22-16-14-21(15-17-22)24(28)26-25-19(2)20-10-6-4-7-11-20/h3-17H,1,18H2,2H3,(H,26,28)/b25-19-. The maximum atomic E-state index is 13.0. The predicted molar refractivity (Wildman–Crippen MR) is 124 cm³/mol. The van der Waals surface area contributed by atoms with Crippen molar-refractivity contribution in [1.82, 2.24) is 5.43 Å². The Bertz CT molecular complexity index is 1170. The average molecular weight is 434 g/mol. The summed E-state index contributed by atoms with van der Waals surface area (Å²) in [5.74, 6) is -0.386. The average Bonchev–Trinajstić information content (AvgIpc) is 2.82. The summed E-state index contributed by atoms with van der Waals surface area (Å²) in [6, 6.07) is 24.0. The van der Waals surface area contributed by atoms with E-state index in [0.29, 0.717) is 17.0 Å². The fourth-order valence-electron chi connectivity index (χ4n) is 2.90. The molecule has 0 bridgehead atoms. The zero-order chi connectivity index (χ0) is 22.3. The maximum absolute atomic E-state index is 13.0. The van der Waals surface area contributed by atoms with Crippen LogP contribution in [0, 0.1) is 0 Å². The number of sulfonamides is 1. The fourth-order valence-corrected chi connectivity index (χ4v) is 4.36. The van der Waals surface area contributed by atoms with Gasteiger partial charge in [0, 0.05) is 5.56 Å². The van der Waals surface area contributed by atoms with Crippen LogP contribution in [0.15, 0.2) is 108 Å². The van der Waals surface area contributed by atoms with Gasteiger partial charge in [-0.1, -0.05) is 54.6 Å². The van der Waals surface area contributed by atoms with Crippen LogP contribution in [0.25, 0.3) is 0 Å². The minimum atomic E-state index is -3.76. The molecule has 0 aromatic heterocycles. The molecule has 0 saturated carbocycles. The number of hydrogen-bond donors (Lipinski definition) is 1. The lowest BCUT2D eigenvalue weighted by molar-refractivity contribution is 0.0955. The second-order valence-electron chi connectivity index (χ2n) is 6.69. The van der Waals surface area contributed by atoms with Crippen LogP contribution in [-0.4, -0.2) is 26.6 Å². The zero-order valence-corrected chi connectivity index (χ0v) is 17.9. The molecule has 0 unspecified atom stereocenters. The Morgan fingerprint density at radius 3 is 2.10 bits per heavy atom. The van der Waals surface area contributed by atoms with E-state index in [2.05, 4.69) is 17.1 Å². The number of carbonyl (C=O) groups is 1. The molecule has 31 heavy (non-hydrogen) atoms. The van der Waals surface area contributed by atoms with Crippen LogP contribution in [0.5, 0.6) is 0 Å². The molecule has 0 spiro atoms. The zero-order valence-electron chi connectivity index (χ0n) is 17.1. The monoisotopic (exact) mass is 433 g/mol. The van der Waals surface area contributed by atoms with E-state index in [1.165, 1.54) is 10.4 Å². The number of hydrogen-bond acceptors (Lipinski definition) is 4. The molecular formula is C24H23N3O3S. The highest BCUT2D eigenvalue weighted by Gasteiger charge is 2.23. The van der Waals surface area contributed by atoms with Crippen molar-refractivity contribution in [1.29, 1.82) is 0 Å². The molecule has 6 nitrogen and oxygen atoms in total. The van der Waals surface area contributed by atoms with Crippen LogP contribution >= 0.6 is 0 Å². The molecule has 0 aliphatic rings. The summed E-state index contributed by atoms with van der Waals surface area (Å²) in [4.78, 5) is 12.6. The maximum Gasteiger partial charge on any atom is 0.271 e. The lowest BCUT2D eigenvalue weighted by atomic mass is 10.1. The molecule has 0 saturated heterocycles. The minimum absolute atomic E-state index is 0.101.